The van der Waals surface area contributed by atoms with Crippen molar-refractivity contribution in [3.8, 4) is 0 Å². The van der Waals surface area contributed by atoms with Crippen molar-refractivity contribution in [2.75, 3.05) is 11.4 Å². The molecule has 1 aromatic carbocycles. The number of para-hydroxylation sites is 1. The molecule has 5 rings (SSSR count). The van der Waals surface area contributed by atoms with Gasteiger partial charge in [-0.25, -0.2) is 0 Å². The van der Waals surface area contributed by atoms with E-state index in [0.29, 0.717) is 18.0 Å². The Morgan fingerprint density at radius 2 is 2.14 bits per heavy atom. The van der Waals surface area contributed by atoms with Crippen molar-refractivity contribution in [1.82, 2.24) is 15.3 Å². The zero-order chi connectivity index (χ0) is 18.9. The van der Waals surface area contributed by atoms with E-state index < -0.39 is 0 Å². The van der Waals surface area contributed by atoms with E-state index in [1.807, 2.05) is 18.2 Å². The number of aromatic nitrogens is 2. The van der Waals surface area contributed by atoms with Crippen molar-refractivity contribution in [2.45, 2.75) is 19.5 Å². The summed E-state index contributed by atoms with van der Waals surface area (Å²) in [5.74, 6) is 0.508. The maximum Gasteiger partial charge on any atom is 0.270 e. The number of H-pyrrole nitrogens is 1. The molecule has 0 unspecified atom stereocenters. The number of carbonyl (C=O) groups is 1. The number of aromatic amines is 1. The minimum Gasteiger partial charge on any atom is -0.467 e. The highest BCUT2D eigenvalue weighted by atomic mass is 16.3. The zero-order valence-corrected chi connectivity index (χ0v) is 15.3. The Balaban J connectivity index is 1.34. The number of amides is 1. The van der Waals surface area contributed by atoms with Crippen LogP contribution in [0.25, 0.3) is 10.9 Å². The van der Waals surface area contributed by atoms with Gasteiger partial charge in [-0.1, -0.05) is 18.2 Å². The zero-order valence-electron chi connectivity index (χ0n) is 15.3. The van der Waals surface area contributed by atoms with Gasteiger partial charge in [-0.2, -0.15) is 0 Å². The minimum atomic E-state index is -0.207. The van der Waals surface area contributed by atoms with Gasteiger partial charge in [-0.15, -0.1) is 0 Å². The first kappa shape index (κ1) is 16.6. The van der Waals surface area contributed by atoms with Gasteiger partial charge in [-0.3, -0.25) is 9.78 Å². The Labute approximate surface area is 162 Å². The van der Waals surface area contributed by atoms with E-state index in [1.54, 1.807) is 18.5 Å². The van der Waals surface area contributed by atoms with Crippen molar-refractivity contribution >= 4 is 22.5 Å². The SMILES string of the molecule is O=C(NCc1ccco1)c1cc(N2CCc3c([nH]c4ccccc34)C2)ccn1. The second-order valence-corrected chi connectivity index (χ2v) is 6.96. The fourth-order valence-corrected chi connectivity index (χ4v) is 3.82. The van der Waals surface area contributed by atoms with Gasteiger partial charge in [0.15, 0.2) is 0 Å². The third-order valence-corrected chi connectivity index (χ3v) is 5.23. The van der Waals surface area contributed by atoms with Crippen LogP contribution in [-0.4, -0.2) is 22.4 Å². The Morgan fingerprint density at radius 1 is 1.21 bits per heavy atom. The highest BCUT2D eigenvalue weighted by Crippen LogP contribution is 2.29. The van der Waals surface area contributed by atoms with E-state index in [0.717, 1.165) is 25.2 Å². The highest BCUT2D eigenvalue weighted by Gasteiger charge is 2.21. The fourth-order valence-electron chi connectivity index (χ4n) is 3.82. The first-order valence-corrected chi connectivity index (χ1v) is 9.38. The lowest BCUT2D eigenvalue weighted by atomic mass is 10.0. The van der Waals surface area contributed by atoms with Crippen LogP contribution in [0.15, 0.2) is 65.4 Å². The van der Waals surface area contributed by atoms with Crippen molar-refractivity contribution in [3.63, 3.8) is 0 Å². The van der Waals surface area contributed by atoms with Crippen molar-refractivity contribution in [2.24, 2.45) is 0 Å². The third kappa shape index (κ3) is 3.03. The highest BCUT2D eigenvalue weighted by molar-refractivity contribution is 5.93. The predicted octanol–water partition coefficient (Wildman–Crippen LogP) is 3.65. The number of hydrogen-bond donors (Lipinski definition) is 2. The molecule has 0 fully saturated rings. The van der Waals surface area contributed by atoms with Gasteiger partial charge in [0.2, 0.25) is 0 Å². The Bertz CT molecular complexity index is 1130. The Hall–Kier alpha value is -3.54. The van der Waals surface area contributed by atoms with Crippen molar-refractivity contribution < 1.29 is 9.21 Å². The van der Waals surface area contributed by atoms with Crippen molar-refractivity contribution in [3.05, 3.63) is 83.7 Å². The summed E-state index contributed by atoms with van der Waals surface area (Å²) < 4.78 is 5.25. The van der Waals surface area contributed by atoms with Gasteiger partial charge in [0.25, 0.3) is 5.91 Å². The molecule has 6 heteroatoms. The van der Waals surface area contributed by atoms with Crippen LogP contribution in [-0.2, 0) is 19.5 Å². The van der Waals surface area contributed by atoms with Crippen LogP contribution in [0.5, 0.6) is 0 Å². The number of benzene rings is 1. The summed E-state index contributed by atoms with van der Waals surface area (Å²) in [5.41, 5.74) is 5.24. The van der Waals surface area contributed by atoms with Gasteiger partial charge in [0.05, 0.1) is 19.4 Å². The molecule has 140 valence electrons. The molecule has 4 aromatic rings. The van der Waals surface area contributed by atoms with Crippen LogP contribution < -0.4 is 10.2 Å². The summed E-state index contributed by atoms with van der Waals surface area (Å²) >= 11 is 0. The second-order valence-electron chi connectivity index (χ2n) is 6.96. The molecular formula is C22H20N4O2. The molecule has 1 aliphatic rings. The molecule has 0 atom stereocenters. The Morgan fingerprint density at radius 3 is 3.04 bits per heavy atom. The Kier molecular flexibility index (Phi) is 4.09. The second kappa shape index (κ2) is 6.88. The van der Waals surface area contributed by atoms with Crippen molar-refractivity contribution in [1.29, 1.82) is 0 Å². The molecule has 2 N–H and O–H groups in total. The largest absolute Gasteiger partial charge is 0.467 e. The number of hydrogen-bond acceptors (Lipinski definition) is 4. The molecule has 0 radical (unpaired) electrons. The number of furan rings is 1. The molecule has 0 bridgehead atoms. The van der Waals surface area contributed by atoms with Gasteiger partial charge in [0.1, 0.15) is 11.5 Å². The van der Waals surface area contributed by atoms with Crippen LogP contribution in [0.2, 0.25) is 0 Å². The molecule has 6 nitrogen and oxygen atoms in total. The monoisotopic (exact) mass is 372 g/mol. The van der Waals surface area contributed by atoms with Gasteiger partial charge in [0, 0.05) is 35.0 Å². The molecule has 28 heavy (non-hydrogen) atoms. The molecular weight excluding hydrogens is 352 g/mol. The standard InChI is InChI=1S/C22H20N4O2/c27-22(24-13-16-4-3-11-28-16)20-12-15(7-9-23-20)26-10-8-18-17-5-1-2-6-19(17)25-21(18)14-26/h1-7,9,11-12,25H,8,10,13-14H2,(H,24,27). The lowest BCUT2D eigenvalue weighted by Gasteiger charge is -2.29. The molecule has 0 saturated carbocycles. The van der Waals surface area contributed by atoms with Crippen LogP contribution in [0, 0.1) is 0 Å². The first-order chi connectivity index (χ1) is 13.8. The van der Waals surface area contributed by atoms with E-state index >= 15 is 0 Å². The lowest BCUT2D eigenvalue weighted by molar-refractivity contribution is 0.0943. The van der Waals surface area contributed by atoms with Crippen LogP contribution in [0.4, 0.5) is 5.69 Å². The van der Waals surface area contributed by atoms with Crippen LogP contribution in [0.3, 0.4) is 0 Å². The number of nitrogens with one attached hydrogen (secondary N) is 2. The van der Waals surface area contributed by atoms with Crippen LogP contribution >= 0.6 is 0 Å². The average molecular weight is 372 g/mol. The topological polar surface area (TPSA) is 74.2 Å². The molecule has 1 aliphatic heterocycles. The quantitative estimate of drug-likeness (QED) is 0.573. The normalized spacial score (nSPS) is 13.5. The molecule has 1 amide bonds. The molecule has 4 heterocycles. The summed E-state index contributed by atoms with van der Waals surface area (Å²) in [5, 5.41) is 4.16. The fraction of sp³-hybridized carbons (Fsp3) is 0.182. The third-order valence-electron chi connectivity index (χ3n) is 5.23. The molecule has 3 aromatic heterocycles. The van der Waals surface area contributed by atoms with Gasteiger partial charge < -0.3 is 19.6 Å². The summed E-state index contributed by atoms with van der Waals surface area (Å²) in [4.78, 5) is 22.5. The van der Waals surface area contributed by atoms with Crippen LogP contribution in [0.1, 0.15) is 27.5 Å². The lowest BCUT2D eigenvalue weighted by Crippen LogP contribution is -2.31. The number of nitrogens with zero attached hydrogens (tertiary/aromatic N) is 2. The first-order valence-electron chi connectivity index (χ1n) is 9.38. The van der Waals surface area contributed by atoms with E-state index in [-0.39, 0.29) is 5.91 Å². The number of fused-ring (bicyclic) bond motifs is 3. The number of carbonyl (C=O) groups excluding carboxylic acids is 1. The van der Waals surface area contributed by atoms with Gasteiger partial charge in [-0.05, 0) is 42.3 Å². The average Bonchev–Trinajstić information content (AvgIpc) is 3.39. The van der Waals surface area contributed by atoms with E-state index in [4.69, 9.17) is 4.42 Å². The molecule has 0 saturated heterocycles. The smallest absolute Gasteiger partial charge is 0.270 e. The summed E-state index contributed by atoms with van der Waals surface area (Å²) in [6.45, 7) is 2.05. The number of anilines is 1. The molecule has 0 aliphatic carbocycles. The van der Waals surface area contributed by atoms with E-state index in [9.17, 15) is 4.79 Å². The predicted molar refractivity (Wildman–Crippen MR) is 107 cm³/mol. The summed E-state index contributed by atoms with van der Waals surface area (Å²) in [6.07, 6.45) is 4.26. The number of rotatable bonds is 4. The minimum absolute atomic E-state index is 0.207. The van der Waals surface area contributed by atoms with Gasteiger partial charge >= 0.3 is 0 Å². The molecule has 0 spiro atoms. The maximum atomic E-state index is 12.5. The van der Waals surface area contributed by atoms with E-state index in [1.165, 1.54) is 22.2 Å². The number of pyridine rings is 1. The summed E-state index contributed by atoms with van der Waals surface area (Å²) in [7, 11) is 0. The maximum absolute atomic E-state index is 12.5. The van der Waals surface area contributed by atoms with E-state index in [2.05, 4.69) is 44.5 Å². The summed E-state index contributed by atoms with van der Waals surface area (Å²) in [6, 6.07) is 15.9.